The third-order valence-electron chi connectivity index (χ3n) is 4.13. The highest BCUT2D eigenvalue weighted by molar-refractivity contribution is 6.04. The fraction of sp³-hybridized carbons (Fsp3) is 0.286. The van der Waals surface area contributed by atoms with Gasteiger partial charge in [-0.25, -0.2) is 0 Å². The minimum atomic E-state index is -0.166. The van der Waals surface area contributed by atoms with Gasteiger partial charge in [-0.05, 0) is 42.4 Å². The van der Waals surface area contributed by atoms with Crippen molar-refractivity contribution in [3.8, 4) is 5.75 Å². The van der Waals surface area contributed by atoms with Crippen LogP contribution in [0.5, 0.6) is 5.75 Å². The summed E-state index contributed by atoms with van der Waals surface area (Å²) in [5.41, 5.74) is 2.40. The predicted octanol–water partition coefficient (Wildman–Crippen LogP) is 3.57. The summed E-state index contributed by atoms with van der Waals surface area (Å²) in [5, 5.41) is 10.1. The molecular weight excluding hydrogens is 356 g/mol. The quantitative estimate of drug-likeness (QED) is 0.590. The van der Waals surface area contributed by atoms with Crippen LogP contribution in [0.25, 0.3) is 0 Å². The number of hydrogen-bond acceptors (Lipinski definition) is 6. The maximum atomic E-state index is 12.6. The minimum absolute atomic E-state index is 0.166. The van der Waals surface area contributed by atoms with E-state index in [9.17, 15) is 4.79 Å². The summed E-state index contributed by atoms with van der Waals surface area (Å²) in [6, 6.07) is 14.7. The van der Waals surface area contributed by atoms with Crippen LogP contribution in [0.15, 0.2) is 53.1 Å². The molecule has 3 rings (SSSR count). The number of carbonyl (C=O) groups is 1. The number of rotatable bonds is 9. The van der Waals surface area contributed by atoms with Crippen molar-refractivity contribution in [2.75, 3.05) is 11.9 Å². The Morgan fingerprint density at radius 2 is 1.89 bits per heavy atom. The Bertz CT molecular complexity index is 906. The van der Waals surface area contributed by atoms with E-state index < -0.39 is 0 Å². The van der Waals surface area contributed by atoms with E-state index in [1.807, 2.05) is 38.1 Å². The maximum absolute atomic E-state index is 12.6. The molecule has 0 aliphatic carbocycles. The lowest BCUT2D eigenvalue weighted by Crippen LogP contribution is -2.17. The lowest BCUT2D eigenvalue weighted by atomic mass is 10.1. The first kappa shape index (κ1) is 19.6. The largest absolute Gasteiger partial charge is 0.485 e. The number of aromatic nitrogens is 2. The summed E-state index contributed by atoms with van der Waals surface area (Å²) in [4.78, 5) is 16.8. The number of nitrogens with zero attached hydrogens (tertiary/aromatic N) is 2. The van der Waals surface area contributed by atoms with Crippen LogP contribution >= 0.6 is 0 Å². The highest BCUT2D eigenvalue weighted by atomic mass is 16.5. The van der Waals surface area contributed by atoms with Gasteiger partial charge in [0.05, 0.1) is 0 Å². The molecule has 0 unspecified atom stereocenters. The lowest BCUT2D eigenvalue weighted by molar-refractivity contribution is 0.102. The normalized spacial score (nSPS) is 10.6. The molecule has 7 heteroatoms. The molecule has 1 heterocycles. The Morgan fingerprint density at radius 3 is 2.61 bits per heavy atom. The summed E-state index contributed by atoms with van der Waals surface area (Å²) in [6.45, 7) is 5.78. The van der Waals surface area contributed by atoms with Crippen molar-refractivity contribution in [2.24, 2.45) is 0 Å². The van der Waals surface area contributed by atoms with E-state index in [1.54, 1.807) is 24.3 Å². The summed E-state index contributed by atoms with van der Waals surface area (Å²) in [7, 11) is 0. The van der Waals surface area contributed by atoms with Crippen molar-refractivity contribution in [1.29, 1.82) is 0 Å². The molecule has 3 aromatic rings. The van der Waals surface area contributed by atoms with Gasteiger partial charge in [-0.2, -0.15) is 4.98 Å². The fourth-order valence-electron chi connectivity index (χ4n) is 2.59. The van der Waals surface area contributed by atoms with E-state index in [1.165, 1.54) is 0 Å². The van der Waals surface area contributed by atoms with Gasteiger partial charge >= 0.3 is 0 Å². The van der Waals surface area contributed by atoms with Crippen molar-refractivity contribution >= 4 is 11.6 Å². The van der Waals surface area contributed by atoms with Crippen LogP contribution in [-0.2, 0) is 19.6 Å². The molecule has 28 heavy (non-hydrogen) atoms. The summed E-state index contributed by atoms with van der Waals surface area (Å²) >= 11 is 0. The average Bonchev–Trinajstić information content (AvgIpc) is 3.20. The van der Waals surface area contributed by atoms with E-state index in [4.69, 9.17) is 9.26 Å². The fourth-order valence-corrected chi connectivity index (χ4v) is 2.59. The van der Waals surface area contributed by atoms with Crippen LogP contribution in [0.4, 0.5) is 5.69 Å². The molecule has 1 amide bonds. The smallest absolute Gasteiger partial charge is 0.255 e. The maximum Gasteiger partial charge on any atom is 0.255 e. The number of carbonyl (C=O) groups excluding carboxylic acids is 1. The summed E-state index contributed by atoms with van der Waals surface area (Å²) in [6.07, 6.45) is 0.689. The molecular formula is C21H24N4O3. The molecule has 0 spiro atoms. The van der Waals surface area contributed by atoms with E-state index in [0.29, 0.717) is 36.0 Å². The van der Waals surface area contributed by atoms with E-state index >= 15 is 0 Å². The predicted molar refractivity (Wildman–Crippen MR) is 106 cm³/mol. The Labute approximate surface area is 164 Å². The van der Waals surface area contributed by atoms with Gasteiger partial charge in [0.2, 0.25) is 11.7 Å². The Hall–Kier alpha value is -3.19. The topological polar surface area (TPSA) is 89.3 Å². The molecule has 2 N–H and O–H groups in total. The number of aryl methyl sites for hydroxylation is 1. The van der Waals surface area contributed by atoms with Crippen LogP contribution in [0.3, 0.4) is 0 Å². The molecule has 0 aliphatic heterocycles. The molecule has 0 atom stereocenters. The third-order valence-corrected chi connectivity index (χ3v) is 4.13. The molecule has 7 nitrogen and oxygen atoms in total. The second-order valence-electron chi connectivity index (χ2n) is 6.16. The molecule has 0 saturated heterocycles. The van der Waals surface area contributed by atoms with Gasteiger partial charge in [0.25, 0.3) is 5.91 Å². The highest BCUT2D eigenvalue weighted by Crippen LogP contribution is 2.18. The minimum Gasteiger partial charge on any atom is -0.485 e. The Morgan fingerprint density at radius 1 is 1.11 bits per heavy atom. The molecule has 0 fully saturated rings. The summed E-state index contributed by atoms with van der Waals surface area (Å²) in [5.74, 6) is 1.55. The van der Waals surface area contributed by atoms with Crippen molar-refractivity contribution in [3.05, 3.63) is 71.4 Å². The van der Waals surface area contributed by atoms with Crippen LogP contribution < -0.4 is 15.4 Å². The molecule has 0 aliphatic rings. The molecule has 2 aromatic carbocycles. The lowest BCUT2D eigenvalue weighted by Gasteiger charge is -2.12. The Balaban J connectivity index is 1.59. The van der Waals surface area contributed by atoms with E-state index in [0.717, 1.165) is 17.8 Å². The van der Waals surface area contributed by atoms with Crippen molar-refractivity contribution in [1.82, 2.24) is 15.5 Å². The zero-order valence-electron chi connectivity index (χ0n) is 16.1. The first-order chi connectivity index (χ1) is 13.7. The van der Waals surface area contributed by atoms with Gasteiger partial charge in [-0.1, -0.05) is 37.2 Å². The monoisotopic (exact) mass is 380 g/mol. The first-order valence-electron chi connectivity index (χ1n) is 9.34. The van der Waals surface area contributed by atoms with E-state index in [2.05, 4.69) is 20.8 Å². The second-order valence-corrected chi connectivity index (χ2v) is 6.16. The SMILES string of the molecule is CCNCc1ccccc1NC(=O)c1ccc(OCc2noc(CC)n2)cc1. The third kappa shape index (κ3) is 5.17. The van der Waals surface area contributed by atoms with E-state index in [-0.39, 0.29) is 12.5 Å². The van der Waals surface area contributed by atoms with Gasteiger partial charge in [-0.15, -0.1) is 0 Å². The van der Waals surface area contributed by atoms with Gasteiger partial charge in [0.1, 0.15) is 5.75 Å². The van der Waals surface area contributed by atoms with Crippen LogP contribution in [0, 0.1) is 0 Å². The van der Waals surface area contributed by atoms with Crippen molar-refractivity contribution in [2.45, 2.75) is 33.4 Å². The van der Waals surface area contributed by atoms with Gasteiger partial charge in [0.15, 0.2) is 6.61 Å². The number of benzene rings is 2. The van der Waals surface area contributed by atoms with Crippen LogP contribution in [0.2, 0.25) is 0 Å². The average molecular weight is 380 g/mol. The number of amides is 1. The molecule has 1 aromatic heterocycles. The van der Waals surface area contributed by atoms with Crippen LogP contribution in [-0.4, -0.2) is 22.6 Å². The zero-order chi connectivity index (χ0) is 19.8. The molecule has 146 valence electrons. The van der Waals surface area contributed by atoms with Gasteiger partial charge < -0.3 is 19.9 Å². The number of nitrogens with one attached hydrogen (secondary N) is 2. The van der Waals surface area contributed by atoms with Crippen LogP contribution in [0.1, 0.15) is 41.5 Å². The number of anilines is 1. The number of ether oxygens (including phenoxy) is 1. The zero-order valence-corrected chi connectivity index (χ0v) is 16.1. The van der Waals surface area contributed by atoms with Crippen molar-refractivity contribution in [3.63, 3.8) is 0 Å². The highest BCUT2D eigenvalue weighted by Gasteiger charge is 2.10. The van der Waals surface area contributed by atoms with Gasteiger partial charge in [0, 0.05) is 24.2 Å². The first-order valence-corrected chi connectivity index (χ1v) is 9.34. The number of hydrogen-bond donors (Lipinski definition) is 2. The molecule has 0 bridgehead atoms. The summed E-state index contributed by atoms with van der Waals surface area (Å²) < 4.78 is 10.7. The van der Waals surface area contributed by atoms with Gasteiger partial charge in [-0.3, -0.25) is 4.79 Å². The molecule has 0 saturated carbocycles. The number of para-hydroxylation sites is 1. The standard InChI is InChI=1S/C21H24N4O3/c1-3-20-24-19(25-28-20)14-27-17-11-9-15(10-12-17)21(26)23-18-8-6-5-7-16(18)13-22-4-2/h5-12,22H,3-4,13-14H2,1-2H3,(H,23,26). The van der Waals surface area contributed by atoms with Crippen molar-refractivity contribution < 1.29 is 14.1 Å². The molecule has 0 radical (unpaired) electrons. The second kappa shape index (κ2) is 9.66. The Kier molecular flexibility index (Phi) is 6.75.